The molecule has 0 bridgehead atoms. The van der Waals surface area contributed by atoms with Crippen LogP contribution in [0.2, 0.25) is 5.02 Å². The lowest BCUT2D eigenvalue weighted by molar-refractivity contribution is -0.114. The van der Waals surface area contributed by atoms with E-state index in [-0.39, 0.29) is 11.8 Å². The molecule has 0 atom stereocenters. The van der Waals surface area contributed by atoms with Crippen LogP contribution in [0.4, 0.5) is 10.5 Å². The predicted molar refractivity (Wildman–Crippen MR) is 110 cm³/mol. The lowest BCUT2D eigenvalue weighted by atomic mass is 10.2. The second kappa shape index (κ2) is 8.42. The van der Waals surface area contributed by atoms with Crippen LogP contribution in [0.3, 0.4) is 0 Å². The fourth-order valence-corrected chi connectivity index (χ4v) is 3.19. The molecule has 0 aliphatic carbocycles. The van der Waals surface area contributed by atoms with Gasteiger partial charge in [0, 0.05) is 30.7 Å². The van der Waals surface area contributed by atoms with Crippen LogP contribution in [-0.4, -0.2) is 52.9 Å². The maximum absolute atomic E-state index is 12.5. The summed E-state index contributed by atoms with van der Waals surface area (Å²) in [7, 11) is 1.51. The summed E-state index contributed by atoms with van der Waals surface area (Å²) < 4.78 is 10.5. The Labute approximate surface area is 177 Å². The number of aromatic nitrogens is 1. The van der Waals surface area contributed by atoms with Crippen molar-refractivity contribution in [3.63, 3.8) is 0 Å². The fraction of sp³-hybridized carbons (Fsp3) is 0.200. The first-order chi connectivity index (χ1) is 14.5. The minimum atomic E-state index is -0.471. The van der Waals surface area contributed by atoms with Crippen molar-refractivity contribution in [3.05, 3.63) is 65.1 Å². The van der Waals surface area contributed by atoms with Gasteiger partial charge < -0.3 is 19.7 Å². The van der Waals surface area contributed by atoms with Gasteiger partial charge in [0.05, 0.1) is 25.2 Å². The van der Waals surface area contributed by atoms with Gasteiger partial charge >= 0.3 is 12.1 Å². The molecule has 30 heavy (non-hydrogen) atoms. The van der Waals surface area contributed by atoms with Crippen LogP contribution in [-0.2, 0) is 16.1 Å². The number of nitrogens with zero attached hydrogens (tertiary/aromatic N) is 4. The highest BCUT2D eigenvalue weighted by atomic mass is 35.5. The number of carbonyl (C=O) groups is 2. The lowest BCUT2D eigenvalue weighted by Gasteiger charge is -2.19. The zero-order valence-corrected chi connectivity index (χ0v) is 16.8. The number of urea groups is 1. The molecule has 3 heterocycles. The van der Waals surface area contributed by atoms with Gasteiger partial charge in [-0.15, -0.1) is 4.99 Å². The van der Waals surface area contributed by atoms with E-state index in [4.69, 9.17) is 21.1 Å². The summed E-state index contributed by atoms with van der Waals surface area (Å²) in [5, 5.41) is 3.29. The Morgan fingerprint density at radius 3 is 2.90 bits per heavy atom. The quantitative estimate of drug-likeness (QED) is 0.788. The molecule has 4 rings (SSSR count). The topological polar surface area (TPSA) is 96.4 Å². The summed E-state index contributed by atoms with van der Waals surface area (Å²) in [6.45, 7) is 1.23. The van der Waals surface area contributed by atoms with E-state index < -0.39 is 11.9 Å². The van der Waals surface area contributed by atoms with E-state index in [1.54, 1.807) is 34.1 Å². The molecule has 1 aromatic carbocycles. The standard InChI is InChI=1S/C20H18ClN5O4/c1-29-17-6-5-15(10-22-17)23-18(27)16-12-26-8-7-25(19(28)24-20(26)30-16)11-13-3-2-4-14(21)9-13/h2-6,9-10,12H,7-8,11H2,1H3,(H,23,27). The third kappa shape index (κ3) is 4.36. The van der Waals surface area contributed by atoms with Crippen LogP contribution in [0.5, 0.6) is 5.88 Å². The van der Waals surface area contributed by atoms with Gasteiger partial charge in [-0.05, 0) is 23.8 Å². The number of halogens is 1. The van der Waals surface area contributed by atoms with Crippen LogP contribution in [0.15, 0.2) is 59.5 Å². The first-order valence-corrected chi connectivity index (χ1v) is 9.49. The third-order valence-corrected chi connectivity index (χ3v) is 4.72. The molecule has 0 spiro atoms. The molecule has 2 aromatic rings. The minimum absolute atomic E-state index is 0.0423. The van der Waals surface area contributed by atoms with Crippen molar-refractivity contribution in [2.24, 2.45) is 4.99 Å². The highest BCUT2D eigenvalue weighted by molar-refractivity contribution is 6.30. The molecule has 0 unspecified atom stereocenters. The van der Waals surface area contributed by atoms with Crippen molar-refractivity contribution in [3.8, 4) is 5.88 Å². The smallest absolute Gasteiger partial charge is 0.348 e. The van der Waals surface area contributed by atoms with Gasteiger partial charge in [0.1, 0.15) is 0 Å². The van der Waals surface area contributed by atoms with E-state index in [9.17, 15) is 9.59 Å². The number of anilines is 1. The number of benzene rings is 1. The van der Waals surface area contributed by atoms with Gasteiger partial charge in [0.2, 0.25) is 11.6 Å². The molecule has 3 amide bonds. The molecule has 0 saturated heterocycles. The number of hydrogen-bond acceptors (Lipinski definition) is 6. The molecular formula is C20H18ClN5O4. The monoisotopic (exact) mass is 427 g/mol. The largest absolute Gasteiger partial charge is 0.481 e. The first kappa shape index (κ1) is 19.7. The number of hydrogen-bond donors (Lipinski definition) is 1. The molecule has 0 saturated carbocycles. The molecule has 1 N–H and O–H groups in total. The Bertz CT molecular complexity index is 1040. The number of amidine groups is 1. The number of fused-ring (bicyclic) bond motifs is 1. The third-order valence-electron chi connectivity index (χ3n) is 4.48. The average Bonchev–Trinajstić information content (AvgIpc) is 3.08. The van der Waals surface area contributed by atoms with Crippen LogP contribution < -0.4 is 10.1 Å². The van der Waals surface area contributed by atoms with Crippen LogP contribution in [0, 0.1) is 0 Å². The van der Waals surface area contributed by atoms with Gasteiger partial charge in [-0.3, -0.25) is 9.69 Å². The number of nitrogens with one attached hydrogen (secondary N) is 1. The van der Waals surface area contributed by atoms with Crippen molar-refractivity contribution < 1.29 is 19.1 Å². The molecular weight excluding hydrogens is 410 g/mol. The van der Waals surface area contributed by atoms with Crippen molar-refractivity contribution in [2.45, 2.75) is 6.54 Å². The normalized spacial score (nSPS) is 15.6. The van der Waals surface area contributed by atoms with Gasteiger partial charge in [0.25, 0.3) is 5.91 Å². The predicted octanol–water partition coefficient (Wildman–Crippen LogP) is 2.85. The average molecular weight is 428 g/mol. The summed E-state index contributed by atoms with van der Waals surface area (Å²) in [6.07, 6.45) is 3.00. The van der Waals surface area contributed by atoms with Gasteiger partial charge in [-0.2, -0.15) is 0 Å². The highest BCUT2D eigenvalue weighted by Gasteiger charge is 2.31. The van der Waals surface area contributed by atoms with E-state index >= 15 is 0 Å². The maximum Gasteiger partial charge on any atom is 0.348 e. The van der Waals surface area contributed by atoms with E-state index in [0.29, 0.717) is 36.2 Å². The molecule has 0 fully saturated rings. The van der Waals surface area contributed by atoms with Crippen molar-refractivity contribution >= 4 is 35.2 Å². The van der Waals surface area contributed by atoms with E-state index in [1.165, 1.54) is 19.5 Å². The van der Waals surface area contributed by atoms with Crippen molar-refractivity contribution in [1.82, 2.24) is 14.8 Å². The molecule has 2 aliphatic rings. The van der Waals surface area contributed by atoms with Gasteiger partial charge in [-0.25, -0.2) is 9.78 Å². The van der Waals surface area contributed by atoms with Gasteiger partial charge in [0.15, 0.2) is 0 Å². The molecule has 154 valence electrons. The zero-order valence-electron chi connectivity index (χ0n) is 16.0. The Kier molecular flexibility index (Phi) is 5.53. The Balaban J connectivity index is 1.40. The highest BCUT2D eigenvalue weighted by Crippen LogP contribution is 2.21. The first-order valence-electron chi connectivity index (χ1n) is 9.11. The van der Waals surface area contributed by atoms with Crippen molar-refractivity contribution in [1.29, 1.82) is 0 Å². The maximum atomic E-state index is 12.5. The molecule has 10 heteroatoms. The molecule has 9 nitrogen and oxygen atoms in total. The Morgan fingerprint density at radius 2 is 2.17 bits per heavy atom. The van der Waals surface area contributed by atoms with Gasteiger partial charge in [-0.1, -0.05) is 23.7 Å². The number of rotatable bonds is 5. The summed E-state index contributed by atoms with van der Waals surface area (Å²) in [5.74, 6) is 0.00883. The van der Waals surface area contributed by atoms with Crippen LogP contribution in [0.1, 0.15) is 5.56 Å². The summed E-state index contributed by atoms with van der Waals surface area (Å²) >= 11 is 6.01. The second-order valence-corrected chi connectivity index (χ2v) is 7.00. The number of methoxy groups -OCH3 is 1. The Morgan fingerprint density at radius 1 is 1.30 bits per heavy atom. The second-order valence-electron chi connectivity index (χ2n) is 6.56. The van der Waals surface area contributed by atoms with E-state index in [1.807, 2.05) is 12.1 Å². The number of aliphatic imine (C=N–C) groups is 1. The summed E-state index contributed by atoms with van der Waals surface area (Å²) in [6, 6.07) is 10.2. The SMILES string of the molecule is COc1ccc(NC(=O)C2=CN3CCN(Cc4cccc(Cl)c4)C(=O)N=C3O2)cn1. The number of ether oxygens (including phenoxy) is 2. The number of carbonyl (C=O) groups excluding carboxylic acids is 2. The summed E-state index contributed by atoms with van der Waals surface area (Å²) in [4.78, 5) is 36.3. The van der Waals surface area contributed by atoms with E-state index in [0.717, 1.165) is 5.56 Å². The van der Waals surface area contributed by atoms with Crippen molar-refractivity contribution in [2.75, 3.05) is 25.5 Å². The van der Waals surface area contributed by atoms with Crippen LogP contribution >= 0.6 is 11.6 Å². The zero-order chi connectivity index (χ0) is 21.1. The number of amides is 3. The lowest BCUT2D eigenvalue weighted by Crippen LogP contribution is -2.31. The molecule has 2 aliphatic heterocycles. The molecule has 0 radical (unpaired) electrons. The van der Waals surface area contributed by atoms with E-state index in [2.05, 4.69) is 15.3 Å². The minimum Gasteiger partial charge on any atom is -0.481 e. The fourth-order valence-electron chi connectivity index (χ4n) is 2.98. The Hall–Kier alpha value is -3.59. The van der Waals surface area contributed by atoms with Crippen LogP contribution in [0.25, 0.3) is 0 Å². The number of pyridine rings is 1. The molecule has 1 aromatic heterocycles. The summed E-state index contributed by atoms with van der Waals surface area (Å²) in [5.41, 5.74) is 1.39.